The fraction of sp³-hybridized carbons (Fsp3) is 0.429. The SMILES string of the molecule is O=C(C1=CCCCCC1)c1ccc(C(F)(F)F)cn1. The van der Waals surface area contributed by atoms with Gasteiger partial charge in [-0.3, -0.25) is 9.78 Å². The molecule has 0 aromatic carbocycles. The second-order valence-corrected chi connectivity index (χ2v) is 4.59. The van der Waals surface area contributed by atoms with Crippen molar-refractivity contribution in [2.75, 3.05) is 0 Å². The van der Waals surface area contributed by atoms with E-state index in [-0.39, 0.29) is 11.5 Å². The number of ketones is 1. The highest BCUT2D eigenvalue weighted by Crippen LogP contribution is 2.29. The van der Waals surface area contributed by atoms with Crippen LogP contribution in [0, 0.1) is 0 Å². The van der Waals surface area contributed by atoms with Gasteiger partial charge in [0.25, 0.3) is 0 Å². The summed E-state index contributed by atoms with van der Waals surface area (Å²) in [5.74, 6) is -0.254. The molecule has 0 radical (unpaired) electrons. The first-order valence-electron chi connectivity index (χ1n) is 6.25. The number of Topliss-reactive ketones (excluding diaryl/α,β-unsaturated/α-hetero) is 1. The first-order chi connectivity index (χ1) is 8.98. The minimum absolute atomic E-state index is 0.0844. The number of aromatic nitrogens is 1. The molecule has 1 aromatic heterocycles. The number of pyridine rings is 1. The van der Waals surface area contributed by atoms with E-state index in [1.165, 1.54) is 0 Å². The molecule has 5 heteroatoms. The molecule has 0 saturated heterocycles. The Morgan fingerprint density at radius 3 is 2.58 bits per heavy atom. The summed E-state index contributed by atoms with van der Waals surface area (Å²) in [4.78, 5) is 15.7. The first-order valence-corrected chi connectivity index (χ1v) is 6.25. The quantitative estimate of drug-likeness (QED) is 0.754. The molecule has 0 atom stereocenters. The standard InChI is InChI=1S/C14H14F3NO/c15-14(16,17)11-7-8-12(18-9-11)13(19)10-5-3-1-2-4-6-10/h5,7-9H,1-4,6H2. The lowest BCUT2D eigenvalue weighted by Gasteiger charge is -2.07. The van der Waals surface area contributed by atoms with E-state index in [9.17, 15) is 18.0 Å². The molecule has 0 fully saturated rings. The van der Waals surface area contributed by atoms with Crippen LogP contribution in [0.1, 0.15) is 48.2 Å². The summed E-state index contributed by atoms with van der Waals surface area (Å²) in [6.07, 6.45) is 2.78. The normalized spacial score (nSPS) is 16.7. The van der Waals surface area contributed by atoms with Crippen LogP contribution in [0.15, 0.2) is 30.0 Å². The van der Waals surface area contributed by atoms with E-state index in [0.29, 0.717) is 18.2 Å². The van der Waals surface area contributed by atoms with Crippen molar-refractivity contribution in [1.29, 1.82) is 0 Å². The second kappa shape index (κ2) is 5.55. The molecule has 0 spiro atoms. The van der Waals surface area contributed by atoms with Crippen molar-refractivity contribution in [3.05, 3.63) is 41.2 Å². The molecule has 102 valence electrons. The molecule has 0 bridgehead atoms. The summed E-state index contributed by atoms with van der Waals surface area (Å²) >= 11 is 0. The van der Waals surface area contributed by atoms with Crippen molar-refractivity contribution in [2.45, 2.75) is 38.3 Å². The summed E-state index contributed by atoms with van der Waals surface area (Å²) in [6.45, 7) is 0. The van der Waals surface area contributed by atoms with Crippen molar-refractivity contribution in [1.82, 2.24) is 4.98 Å². The van der Waals surface area contributed by atoms with Crippen molar-refractivity contribution < 1.29 is 18.0 Å². The molecule has 0 aliphatic heterocycles. The topological polar surface area (TPSA) is 30.0 Å². The third-order valence-electron chi connectivity index (χ3n) is 3.16. The van der Waals surface area contributed by atoms with Crippen LogP contribution >= 0.6 is 0 Å². The van der Waals surface area contributed by atoms with Crippen LogP contribution in [0.25, 0.3) is 0 Å². The molecule has 0 amide bonds. The fourth-order valence-corrected chi connectivity index (χ4v) is 2.08. The minimum Gasteiger partial charge on any atom is -0.287 e. The molecule has 0 saturated carbocycles. The van der Waals surface area contributed by atoms with Crippen LogP contribution in [-0.2, 0) is 6.18 Å². The Morgan fingerprint density at radius 2 is 1.95 bits per heavy atom. The van der Waals surface area contributed by atoms with Crippen LogP contribution in [0.2, 0.25) is 0 Å². The maximum Gasteiger partial charge on any atom is 0.417 e. The molecule has 1 aliphatic carbocycles. The number of halogens is 3. The molecular formula is C14H14F3NO. The Bertz CT molecular complexity index is 488. The van der Waals surface area contributed by atoms with Crippen molar-refractivity contribution in [3.8, 4) is 0 Å². The van der Waals surface area contributed by atoms with Gasteiger partial charge in [-0.15, -0.1) is 0 Å². The largest absolute Gasteiger partial charge is 0.417 e. The van der Waals surface area contributed by atoms with Gasteiger partial charge in [0, 0.05) is 6.20 Å². The molecule has 1 heterocycles. The molecule has 0 unspecified atom stereocenters. The zero-order valence-corrected chi connectivity index (χ0v) is 10.3. The average molecular weight is 269 g/mol. The van der Waals surface area contributed by atoms with E-state index < -0.39 is 11.7 Å². The number of rotatable bonds is 2. The molecular weight excluding hydrogens is 255 g/mol. The molecule has 0 N–H and O–H groups in total. The average Bonchev–Trinajstić information content (AvgIpc) is 2.66. The van der Waals surface area contributed by atoms with E-state index >= 15 is 0 Å². The van der Waals surface area contributed by atoms with Gasteiger partial charge in [0.1, 0.15) is 5.69 Å². The summed E-state index contributed by atoms with van der Waals surface area (Å²) < 4.78 is 37.2. The smallest absolute Gasteiger partial charge is 0.287 e. The van der Waals surface area contributed by atoms with Crippen LogP contribution in [0.5, 0.6) is 0 Å². The third-order valence-corrected chi connectivity index (χ3v) is 3.16. The maximum atomic E-state index is 12.4. The van der Waals surface area contributed by atoms with Gasteiger partial charge in [-0.05, 0) is 43.4 Å². The predicted octanol–water partition coefficient (Wildman–Crippen LogP) is 4.17. The van der Waals surface area contributed by atoms with E-state index in [2.05, 4.69) is 4.98 Å². The zero-order valence-electron chi connectivity index (χ0n) is 10.3. The van der Waals surface area contributed by atoms with Crippen molar-refractivity contribution in [2.24, 2.45) is 0 Å². The Kier molecular flexibility index (Phi) is 4.02. The Hall–Kier alpha value is -1.65. The molecule has 2 rings (SSSR count). The van der Waals surface area contributed by atoms with Gasteiger partial charge in [-0.25, -0.2) is 0 Å². The summed E-state index contributed by atoms with van der Waals surface area (Å²) in [6, 6.07) is 2.05. The lowest BCUT2D eigenvalue weighted by atomic mass is 10.0. The number of carbonyl (C=O) groups is 1. The molecule has 2 nitrogen and oxygen atoms in total. The summed E-state index contributed by atoms with van der Waals surface area (Å²) in [5.41, 5.74) is -0.0789. The van der Waals surface area contributed by atoms with Crippen LogP contribution in [0.4, 0.5) is 13.2 Å². The highest BCUT2D eigenvalue weighted by Gasteiger charge is 2.31. The van der Waals surface area contributed by atoms with Gasteiger partial charge in [0.2, 0.25) is 5.78 Å². The number of carbonyl (C=O) groups excluding carboxylic acids is 1. The Morgan fingerprint density at radius 1 is 1.16 bits per heavy atom. The second-order valence-electron chi connectivity index (χ2n) is 4.59. The van der Waals surface area contributed by atoms with E-state index in [1.54, 1.807) is 0 Å². The van der Waals surface area contributed by atoms with E-state index in [0.717, 1.165) is 37.8 Å². The number of nitrogens with zero attached hydrogens (tertiary/aromatic N) is 1. The number of allylic oxidation sites excluding steroid dienone is 2. The fourth-order valence-electron chi connectivity index (χ4n) is 2.08. The molecule has 19 heavy (non-hydrogen) atoms. The van der Waals surface area contributed by atoms with Gasteiger partial charge < -0.3 is 0 Å². The van der Waals surface area contributed by atoms with Crippen LogP contribution in [0.3, 0.4) is 0 Å². The van der Waals surface area contributed by atoms with Gasteiger partial charge in [0.05, 0.1) is 5.56 Å². The van der Waals surface area contributed by atoms with Crippen LogP contribution in [-0.4, -0.2) is 10.8 Å². The molecule has 1 aliphatic rings. The number of hydrogen-bond acceptors (Lipinski definition) is 2. The highest BCUT2D eigenvalue weighted by atomic mass is 19.4. The highest BCUT2D eigenvalue weighted by molar-refractivity contribution is 6.07. The lowest BCUT2D eigenvalue weighted by Crippen LogP contribution is -2.09. The minimum atomic E-state index is -4.42. The van der Waals surface area contributed by atoms with Crippen molar-refractivity contribution in [3.63, 3.8) is 0 Å². The summed E-state index contributed by atoms with van der Waals surface area (Å²) in [7, 11) is 0. The Labute approximate surface area is 109 Å². The molecule has 1 aromatic rings. The zero-order chi connectivity index (χ0) is 13.9. The van der Waals surface area contributed by atoms with E-state index in [4.69, 9.17) is 0 Å². The lowest BCUT2D eigenvalue weighted by molar-refractivity contribution is -0.137. The number of hydrogen-bond donors (Lipinski definition) is 0. The Balaban J connectivity index is 2.18. The van der Waals surface area contributed by atoms with Gasteiger partial charge in [-0.1, -0.05) is 12.5 Å². The van der Waals surface area contributed by atoms with Gasteiger partial charge in [-0.2, -0.15) is 13.2 Å². The monoisotopic (exact) mass is 269 g/mol. The predicted molar refractivity (Wildman–Crippen MR) is 64.7 cm³/mol. The van der Waals surface area contributed by atoms with Gasteiger partial charge >= 0.3 is 6.18 Å². The third kappa shape index (κ3) is 3.43. The van der Waals surface area contributed by atoms with Crippen molar-refractivity contribution >= 4 is 5.78 Å². The van der Waals surface area contributed by atoms with Gasteiger partial charge in [0.15, 0.2) is 0 Å². The number of alkyl halides is 3. The van der Waals surface area contributed by atoms with Crippen LogP contribution < -0.4 is 0 Å². The summed E-state index contributed by atoms with van der Waals surface area (Å²) in [5, 5.41) is 0. The van der Waals surface area contributed by atoms with E-state index in [1.807, 2.05) is 6.08 Å². The first kappa shape index (κ1) is 13.8. The maximum absolute atomic E-state index is 12.4.